The van der Waals surface area contributed by atoms with Crippen LogP contribution in [0.3, 0.4) is 0 Å². The molecule has 2 amide bonds. The standard InChI is InChI=1S/C14H16BrN3O5/c15-9-1-3-10(4-2-9)18(16)12(19)11-7-14(22-5-6-23-14)8-17(11)13(20)21/h1-4,11H,5-8,16H2,(H,20,21). The summed E-state index contributed by atoms with van der Waals surface area (Å²) in [5.41, 5.74) is 0.470. The molecule has 1 aromatic carbocycles. The van der Waals surface area contributed by atoms with Gasteiger partial charge in [0.2, 0.25) is 0 Å². The van der Waals surface area contributed by atoms with E-state index in [2.05, 4.69) is 15.9 Å². The number of rotatable bonds is 2. The van der Waals surface area contributed by atoms with Gasteiger partial charge >= 0.3 is 6.09 Å². The first-order chi connectivity index (χ1) is 10.9. The van der Waals surface area contributed by atoms with Crippen LogP contribution in [0.5, 0.6) is 0 Å². The molecular formula is C14H16BrN3O5. The van der Waals surface area contributed by atoms with Gasteiger partial charge in [0.05, 0.1) is 25.4 Å². The normalized spacial score (nSPS) is 22.5. The minimum atomic E-state index is -1.21. The zero-order valence-electron chi connectivity index (χ0n) is 12.1. The molecule has 3 rings (SSSR count). The van der Waals surface area contributed by atoms with Crippen molar-refractivity contribution in [2.45, 2.75) is 18.2 Å². The third kappa shape index (κ3) is 3.05. The van der Waals surface area contributed by atoms with Crippen LogP contribution in [0.25, 0.3) is 0 Å². The third-order valence-electron chi connectivity index (χ3n) is 3.98. The van der Waals surface area contributed by atoms with Crippen LogP contribution in [-0.2, 0) is 14.3 Å². The van der Waals surface area contributed by atoms with Crippen molar-refractivity contribution in [1.82, 2.24) is 4.90 Å². The molecule has 0 aliphatic carbocycles. The maximum absolute atomic E-state index is 12.7. The fourth-order valence-corrected chi connectivity index (χ4v) is 3.12. The molecule has 124 valence electrons. The zero-order chi connectivity index (χ0) is 16.6. The summed E-state index contributed by atoms with van der Waals surface area (Å²) in [6, 6.07) is 5.88. The number of nitrogens with zero attached hydrogens (tertiary/aromatic N) is 2. The highest BCUT2D eigenvalue weighted by Crippen LogP contribution is 2.35. The molecule has 23 heavy (non-hydrogen) atoms. The van der Waals surface area contributed by atoms with E-state index in [9.17, 15) is 14.7 Å². The first-order valence-electron chi connectivity index (χ1n) is 7.04. The summed E-state index contributed by atoms with van der Waals surface area (Å²) in [5, 5.41) is 10.3. The maximum atomic E-state index is 12.7. The van der Waals surface area contributed by atoms with E-state index in [0.717, 1.165) is 14.4 Å². The smallest absolute Gasteiger partial charge is 0.408 e. The minimum absolute atomic E-state index is 0.00703. The number of nitrogens with two attached hydrogens (primary N) is 1. The maximum Gasteiger partial charge on any atom is 0.408 e. The summed E-state index contributed by atoms with van der Waals surface area (Å²) < 4.78 is 11.9. The molecule has 9 heteroatoms. The molecule has 3 N–H and O–H groups in total. The Balaban J connectivity index is 1.81. The van der Waals surface area contributed by atoms with Gasteiger partial charge in [-0.1, -0.05) is 15.9 Å². The van der Waals surface area contributed by atoms with Crippen molar-refractivity contribution >= 4 is 33.6 Å². The van der Waals surface area contributed by atoms with Gasteiger partial charge in [-0.25, -0.2) is 15.6 Å². The number of anilines is 1. The minimum Gasteiger partial charge on any atom is -0.465 e. The zero-order valence-corrected chi connectivity index (χ0v) is 13.7. The van der Waals surface area contributed by atoms with E-state index >= 15 is 0 Å². The van der Waals surface area contributed by atoms with Crippen LogP contribution in [-0.4, -0.2) is 53.6 Å². The summed E-state index contributed by atoms with van der Waals surface area (Å²) in [6.45, 7) is 0.758. The van der Waals surface area contributed by atoms with Crippen LogP contribution in [0.2, 0.25) is 0 Å². The average molecular weight is 386 g/mol. The Morgan fingerprint density at radius 1 is 1.30 bits per heavy atom. The highest BCUT2D eigenvalue weighted by atomic mass is 79.9. The number of carbonyl (C=O) groups is 2. The van der Waals surface area contributed by atoms with E-state index < -0.39 is 23.8 Å². The number of hydrogen-bond donors (Lipinski definition) is 2. The molecule has 2 saturated heterocycles. The van der Waals surface area contributed by atoms with E-state index in [0.29, 0.717) is 18.9 Å². The monoisotopic (exact) mass is 385 g/mol. The summed E-state index contributed by atoms with van der Waals surface area (Å²) in [4.78, 5) is 25.1. The van der Waals surface area contributed by atoms with E-state index in [1.165, 1.54) is 0 Å². The molecule has 0 aromatic heterocycles. The van der Waals surface area contributed by atoms with Crippen LogP contribution in [0.15, 0.2) is 28.7 Å². The molecule has 1 aromatic rings. The number of halogens is 1. The van der Waals surface area contributed by atoms with Gasteiger partial charge in [-0.3, -0.25) is 9.69 Å². The number of carbonyl (C=O) groups excluding carboxylic acids is 1. The molecule has 2 aliphatic rings. The summed E-state index contributed by atoms with van der Waals surface area (Å²) in [7, 11) is 0. The van der Waals surface area contributed by atoms with Crippen LogP contribution < -0.4 is 10.9 Å². The third-order valence-corrected chi connectivity index (χ3v) is 4.51. The molecule has 1 spiro atoms. The van der Waals surface area contributed by atoms with Gasteiger partial charge in [0.1, 0.15) is 6.04 Å². The molecule has 0 saturated carbocycles. The van der Waals surface area contributed by atoms with Gasteiger partial charge in [0, 0.05) is 10.9 Å². The topological polar surface area (TPSA) is 105 Å². The van der Waals surface area contributed by atoms with E-state index in [1.807, 2.05) is 0 Å². The summed E-state index contributed by atoms with van der Waals surface area (Å²) >= 11 is 3.30. The van der Waals surface area contributed by atoms with Crippen LogP contribution in [0, 0.1) is 0 Å². The van der Waals surface area contributed by atoms with Gasteiger partial charge in [-0.15, -0.1) is 0 Å². The number of carboxylic acid groups (broad SMARTS) is 1. The Hall–Kier alpha value is -1.68. The highest BCUT2D eigenvalue weighted by Gasteiger charge is 2.53. The van der Waals surface area contributed by atoms with Crippen LogP contribution in [0.4, 0.5) is 10.5 Å². The SMILES string of the molecule is NN(C(=O)C1CC2(CN1C(=O)O)OCCO2)c1ccc(Br)cc1. The van der Waals surface area contributed by atoms with Gasteiger partial charge in [0.25, 0.3) is 5.91 Å². The van der Waals surface area contributed by atoms with Crippen molar-refractivity contribution in [2.24, 2.45) is 5.84 Å². The molecule has 1 atom stereocenters. The van der Waals surface area contributed by atoms with Crippen molar-refractivity contribution in [3.05, 3.63) is 28.7 Å². The number of ether oxygens (including phenoxy) is 2. The summed E-state index contributed by atoms with van der Waals surface area (Å²) in [5.74, 6) is 4.32. The lowest BCUT2D eigenvalue weighted by atomic mass is 10.1. The van der Waals surface area contributed by atoms with Crippen LogP contribution >= 0.6 is 15.9 Å². The van der Waals surface area contributed by atoms with Gasteiger partial charge < -0.3 is 14.6 Å². The molecule has 0 radical (unpaired) electrons. The predicted molar refractivity (Wildman–Crippen MR) is 83.6 cm³/mol. The first-order valence-corrected chi connectivity index (χ1v) is 7.83. The van der Waals surface area contributed by atoms with E-state index in [1.54, 1.807) is 24.3 Å². The van der Waals surface area contributed by atoms with Crippen molar-refractivity contribution in [3.63, 3.8) is 0 Å². The highest BCUT2D eigenvalue weighted by molar-refractivity contribution is 9.10. The Morgan fingerprint density at radius 3 is 2.48 bits per heavy atom. The van der Waals surface area contributed by atoms with Gasteiger partial charge in [-0.05, 0) is 24.3 Å². The average Bonchev–Trinajstić information content (AvgIpc) is 3.14. The van der Waals surface area contributed by atoms with E-state index in [-0.39, 0.29) is 13.0 Å². The fraction of sp³-hybridized carbons (Fsp3) is 0.429. The Labute approximate surface area is 140 Å². The van der Waals surface area contributed by atoms with Crippen molar-refractivity contribution in [1.29, 1.82) is 0 Å². The number of hydrogen-bond acceptors (Lipinski definition) is 5. The molecule has 8 nitrogen and oxygen atoms in total. The van der Waals surface area contributed by atoms with Crippen molar-refractivity contribution in [3.8, 4) is 0 Å². The number of benzene rings is 1. The molecule has 2 aliphatic heterocycles. The Morgan fingerprint density at radius 2 is 1.91 bits per heavy atom. The lowest BCUT2D eigenvalue weighted by Crippen LogP contribution is -2.50. The number of amides is 2. The quantitative estimate of drug-likeness (QED) is 0.449. The van der Waals surface area contributed by atoms with E-state index in [4.69, 9.17) is 15.3 Å². The second kappa shape index (κ2) is 6.08. The Bertz CT molecular complexity index is 617. The second-order valence-electron chi connectivity index (χ2n) is 5.42. The van der Waals surface area contributed by atoms with Crippen LogP contribution in [0.1, 0.15) is 6.42 Å². The lowest BCUT2D eigenvalue weighted by molar-refractivity contribution is -0.146. The predicted octanol–water partition coefficient (Wildman–Crippen LogP) is 1.15. The molecule has 0 bridgehead atoms. The molecule has 2 heterocycles. The first kappa shape index (κ1) is 16.2. The van der Waals surface area contributed by atoms with Gasteiger partial charge in [-0.2, -0.15) is 0 Å². The van der Waals surface area contributed by atoms with Crippen molar-refractivity contribution < 1.29 is 24.2 Å². The van der Waals surface area contributed by atoms with Gasteiger partial charge in [0.15, 0.2) is 5.79 Å². The largest absolute Gasteiger partial charge is 0.465 e. The second-order valence-corrected chi connectivity index (χ2v) is 6.34. The fourth-order valence-electron chi connectivity index (χ4n) is 2.86. The molecular weight excluding hydrogens is 370 g/mol. The summed E-state index contributed by atoms with van der Waals surface area (Å²) in [6.07, 6.45) is -1.08. The number of hydrazine groups is 1. The molecule has 2 fully saturated rings. The lowest BCUT2D eigenvalue weighted by Gasteiger charge is -2.25. The Kier molecular flexibility index (Phi) is 4.28. The number of likely N-dealkylation sites (tertiary alicyclic amines) is 1. The van der Waals surface area contributed by atoms with Crippen molar-refractivity contribution in [2.75, 3.05) is 24.8 Å². The molecule has 1 unspecified atom stereocenters.